The van der Waals surface area contributed by atoms with Gasteiger partial charge in [-0.05, 0) is 30.4 Å². The van der Waals surface area contributed by atoms with Crippen molar-refractivity contribution in [2.24, 2.45) is 5.73 Å². The van der Waals surface area contributed by atoms with Crippen LogP contribution in [0.1, 0.15) is 50.6 Å². The van der Waals surface area contributed by atoms with E-state index in [1.807, 2.05) is 41.1 Å². The Bertz CT molecular complexity index is 1070. The topological polar surface area (TPSA) is 92.3 Å². The Hall–Kier alpha value is -2.71. The number of primary amides is 1. The predicted octanol–water partition coefficient (Wildman–Crippen LogP) is 4.95. The van der Waals surface area contributed by atoms with E-state index in [0.29, 0.717) is 18.9 Å². The van der Waals surface area contributed by atoms with Crippen molar-refractivity contribution >= 4 is 25.0 Å². The Morgan fingerprint density at radius 2 is 1.88 bits per heavy atom. The maximum atomic E-state index is 11.6. The van der Waals surface area contributed by atoms with Crippen molar-refractivity contribution < 1.29 is 14.0 Å². The highest BCUT2D eigenvalue weighted by Crippen LogP contribution is 2.38. The molecule has 32 heavy (non-hydrogen) atoms. The number of nitrogens with zero attached hydrogens (tertiary/aromatic N) is 3. The minimum Gasteiger partial charge on any atom is -0.478 e. The molecule has 0 radical (unpaired) electrons. The van der Waals surface area contributed by atoms with E-state index < -0.39 is 14.2 Å². The lowest BCUT2D eigenvalue weighted by atomic mass is 10.1. The Balaban J connectivity index is 1.75. The van der Waals surface area contributed by atoms with Crippen molar-refractivity contribution in [3.8, 4) is 5.88 Å². The number of benzene rings is 1. The van der Waals surface area contributed by atoms with Gasteiger partial charge in [0.05, 0.1) is 25.1 Å². The summed E-state index contributed by atoms with van der Waals surface area (Å²) >= 11 is 0. The van der Waals surface area contributed by atoms with Gasteiger partial charge in [-0.2, -0.15) is 0 Å². The number of aromatic nitrogens is 3. The summed E-state index contributed by atoms with van der Waals surface area (Å²) in [5.74, 6) is 0.0426. The number of hydrogen-bond donors (Lipinski definition) is 1. The van der Waals surface area contributed by atoms with Crippen LogP contribution in [0, 0.1) is 0 Å². The van der Waals surface area contributed by atoms with E-state index in [2.05, 4.69) is 50.8 Å². The number of hydrogen-bond acceptors (Lipinski definition) is 5. The zero-order valence-corrected chi connectivity index (χ0v) is 20.8. The fourth-order valence-corrected chi connectivity index (χ4v) is 4.86. The van der Waals surface area contributed by atoms with Crippen LogP contribution in [0.3, 0.4) is 0 Å². The number of pyridine rings is 1. The molecule has 0 fully saturated rings. The summed E-state index contributed by atoms with van der Waals surface area (Å²) in [6.45, 7) is 13.7. The second-order valence-electron chi connectivity index (χ2n) is 9.73. The summed E-state index contributed by atoms with van der Waals surface area (Å²) in [5.41, 5.74) is 5.65. The SMILES string of the molecule is C[C@H](O[Si](C)(C)C(C)(C)C)[C@@H](CCOc1cc2ccccc2cn1)n1cnc(C(N)=O)c1. The lowest BCUT2D eigenvalue weighted by Gasteiger charge is -2.40. The average molecular weight is 455 g/mol. The molecule has 0 aliphatic heterocycles. The quantitative estimate of drug-likeness (QED) is 0.462. The maximum Gasteiger partial charge on any atom is 0.268 e. The molecule has 2 heterocycles. The number of amides is 1. The van der Waals surface area contributed by atoms with Crippen LogP contribution in [0.2, 0.25) is 18.1 Å². The van der Waals surface area contributed by atoms with Crippen LogP contribution in [-0.2, 0) is 4.43 Å². The molecule has 0 aliphatic carbocycles. The van der Waals surface area contributed by atoms with Crippen LogP contribution in [0.5, 0.6) is 5.88 Å². The molecule has 2 N–H and O–H groups in total. The lowest BCUT2D eigenvalue weighted by Crippen LogP contribution is -2.45. The summed E-state index contributed by atoms with van der Waals surface area (Å²) < 4.78 is 14.6. The molecule has 8 heteroatoms. The minimum atomic E-state index is -1.99. The molecule has 0 unspecified atom stereocenters. The summed E-state index contributed by atoms with van der Waals surface area (Å²) in [6.07, 6.45) is 5.72. The van der Waals surface area contributed by atoms with Gasteiger partial charge < -0.3 is 19.5 Å². The van der Waals surface area contributed by atoms with Gasteiger partial charge in [-0.1, -0.05) is 45.0 Å². The fourth-order valence-electron chi connectivity index (χ4n) is 3.42. The summed E-state index contributed by atoms with van der Waals surface area (Å²) in [6, 6.07) is 9.94. The van der Waals surface area contributed by atoms with Crippen molar-refractivity contribution in [3.63, 3.8) is 0 Å². The van der Waals surface area contributed by atoms with Gasteiger partial charge in [0, 0.05) is 30.3 Å². The summed E-state index contributed by atoms with van der Waals surface area (Å²) in [5, 5.41) is 2.25. The fraction of sp³-hybridized carbons (Fsp3) is 0.458. The number of imidazole rings is 1. The Kier molecular flexibility index (Phi) is 7.05. The average Bonchev–Trinajstić information content (AvgIpc) is 3.20. The maximum absolute atomic E-state index is 11.6. The summed E-state index contributed by atoms with van der Waals surface area (Å²) in [4.78, 5) is 20.1. The van der Waals surface area contributed by atoms with Crippen LogP contribution in [-0.4, -0.2) is 41.5 Å². The Morgan fingerprint density at radius 3 is 2.50 bits per heavy atom. The monoisotopic (exact) mass is 454 g/mol. The van der Waals surface area contributed by atoms with Crippen LogP contribution in [0.15, 0.2) is 49.1 Å². The number of carbonyl (C=O) groups excluding carboxylic acids is 1. The van der Waals surface area contributed by atoms with Gasteiger partial charge in [0.1, 0.15) is 5.69 Å². The summed E-state index contributed by atoms with van der Waals surface area (Å²) in [7, 11) is -1.99. The number of fused-ring (bicyclic) bond motifs is 1. The standard InChI is InChI=1S/C24H34N4O3Si/c1-17(31-32(5,6)24(2,3)4)21(28-15-20(23(25)29)27-16-28)11-12-30-22-13-18-9-7-8-10-19(18)14-26-22/h7-10,13-17,21H,11-12H2,1-6H3,(H2,25,29)/t17-,21+/m0/s1. The van der Waals surface area contributed by atoms with Gasteiger partial charge in [-0.25, -0.2) is 9.97 Å². The normalized spacial score (nSPS) is 14.3. The van der Waals surface area contributed by atoms with E-state index in [4.69, 9.17) is 14.9 Å². The van der Waals surface area contributed by atoms with Crippen molar-refractivity contribution in [2.45, 2.75) is 64.4 Å². The molecule has 2 aromatic heterocycles. The van der Waals surface area contributed by atoms with Crippen molar-refractivity contribution in [1.82, 2.24) is 14.5 Å². The highest BCUT2D eigenvalue weighted by molar-refractivity contribution is 6.74. The molecule has 0 saturated carbocycles. The zero-order valence-electron chi connectivity index (χ0n) is 19.8. The molecule has 0 bridgehead atoms. The molecule has 1 amide bonds. The van der Waals surface area contributed by atoms with Gasteiger partial charge >= 0.3 is 0 Å². The van der Waals surface area contributed by atoms with E-state index in [1.54, 1.807) is 12.5 Å². The molecule has 3 aromatic rings. The van der Waals surface area contributed by atoms with E-state index >= 15 is 0 Å². The van der Waals surface area contributed by atoms with Crippen LogP contribution >= 0.6 is 0 Å². The smallest absolute Gasteiger partial charge is 0.268 e. The van der Waals surface area contributed by atoms with Crippen molar-refractivity contribution in [3.05, 3.63) is 54.7 Å². The molecule has 7 nitrogen and oxygen atoms in total. The third kappa shape index (κ3) is 5.55. The molecular formula is C24H34N4O3Si. The molecule has 2 atom stereocenters. The Labute approximate surface area is 191 Å². The predicted molar refractivity (Wildman–Crippen MR) is 129 cm³/mol. The van der Waals surface area contributed by atoms with E-state index in [1.165, 1.54) is 0 Å². The van der Waals surface area contributed by atoms with Crippen LogP contribution < -0.4 is 10.5 Å². The molecule has 1 aromatic carbocycles. The van der Waals surface area contributed by atoms with Crippen molar-refractivity contribution in [2.75, 3.05) is 6.61 Å². The van der Waals surface area contributed by atoms with Crippen LogP contribution in [0.4, 0.5) is 0 Å². The molecule has 0 saturated heterocycles. The first-order valence-electron chi connectivity index (χ1n) is 11.0. The van der Waals surface area contributed by atoms with E-state index in [-0.39, 0.29) is 22.9 Å². The lowest BCUT2D eigenvalue weighted by molar-refractivity contribution is 0.0994. The van der Waals surface area contributed by atoms with Crippen LogP contribution in [0.25, 0.3) is 10.8 Å². The second kappa shape index (κ2) is 9.42. The first kappa shape index (κ1) is 23.9. The van der Waals surface area contributed by atoms with Crippen molar-refractivity contribution in [1.29, 1.82) is 0 Å². The highest BCUT2D eigenvalue weighted by atomic mass is 28.4. The third-order valence-electron chi connectivity index (χ3n) is 6.33. The molecule has 172 valence electrons. The first-order valence-corrected chi connectivity index (χ1v) is 13.9. The van der Waals surface area contributed by atoms with Gasteiger partial charge in [0.2, 0.25) is 5.88 Å². The molecule has 0 aliphatic rings. The first-order chi connectivity index (χ1) is 15.0. The number of rotatable bonds is 9. The second-order valence-corrected chi connectivity index (χ2v) is 14.5. The Morgan fingerprint density at radius 1 is 1.19 bits per heavy atom. The largest absolute Gasteiger partial charge is 0.478 e. The number of ether oxygens (including phenoxy) is 1. The van der Waals surface area contributed by atoms with E-state index in [0.717, 1.165) is 10.8 Å². The van der Waals surface area contributed by atoms with Gasteiger partial charge in [0.15, 0.2) is 8.32 Å². The zero-order chi connectivity index (χ0) is 23.5. The highest BCUT2D eigenvalue weighted by Gasteiger charge is 2.40. The molecular weight excluding hydrogens is 420 g/mol. The number of carbonyl (C=O) groups is 1. The third-order valence-corrected chi connectivity index (χ3v) is 10.9. The molecule has 3 rings (SSSR count). The molecule has 0 spiro atoms. The number of nitrogens with two attached hydrogens (primary N) is 1. The minimum absolute atomic E-state index is 0.0646. The van der Waals surface area contributed by atoms with Gasteiger partial charge in [-0.3, -0.25) is 4.79 Å². The van der Waals surface area contributed by atoms with Gasteiger partial charge in [-0.15, -0.1) is 0 Å². The van der Waals surface area contributed by atoms with Gasteiger partial charge in [0.25, 0.3) is 5.91 Å². The van der Waals surface area contributed by atoms with E-state index in [9.17, 15) is 4.79 Å².